The summed E-state index contributed by atoms with van der Waals surface area (Å²) in [5, 5.41) is 0. The lowest BCUT2D eigenvalue weighted by Crippen LogP contribution is -1.92. The minimum absolute atomic E-state index is 0.701. The zero-order valence-electron chi connectivity index (χ0n) is 25.9. The van der Waals surface area contributed by atoms with Gasteiger partial charge in [-0.3, -0.25) is 0 Å². The van der Waals surface area contributed by atoms with Crippen LogP contribution in [0.15, 0.2) is 24.3 Å². The highest BCUT2D eigenvalue weighted by molar-refractivity contribution is 5.25. The van der Waals surface area contributed by atoms with E-state index in [4.69, 9.17) is 0 Å². The van der Waals surface area contributed by atoms with Gasteiger partial charge in [-0.05, 0) is 36.3 Å². The average Bonchev–Trinajstić information content (AvgIpc) is 2.91. The first-order chi connectivity index (χ1) is 17.7. The summed E-state index contributed by atoms with van der Waals surface area (Å²) in [5.74, 6) is 0.701. The van der Waals surface area contributed by atoms with E-state index in [1.165, 1.54) is 165 Å². The Kier molecular flexibility index (Phi) is 28.2. The van der Waals surface area contributed by atoms with E-state index in [0.29, 0.717) is 5.92 Å². The van der Waals surface area contributed by atoms with Crippen molar-refractivity contribution in [3.8, 4) is 0 Å². The third-order valence-corrected chi connectivity index (χ3v) is 7.94. The lowest BCUT2D eigenvalue weighted by molar-refractivity contribution is 0.538. The van der Waals surface area contributed by atoms with E-state index in [2.05, 4.69) is 58.9 Å². The van der Waals surface area contributed by atoms with Gasteiger partial charge in [0.05, 0.1) is 0 Å². The van der Waals surface area contributed by atoms with Gasteiger partial charge < -0.3 is 0 Å². The molecule has 0 radical (unpaired) electrons. The summed E-state index contributed by atoms with van der Waals surface area (Å²) >= 11 is 0. The average molecular weight is 501 g/mol. The van der Waals surface area contributed by atoms with Gasteiger partial charge in [-0.25, -0.2) is 0 Å². The third kappa shape index (κ3) is 23.6. The molecule has 1 rings (SSSR count). The van der Waals surface area contributed by atoms with E-state index in [1.54, 1.807) is 0 Å². The number of unbranched alkanes of at least 4 members (excludes halogenated alkanes) is 20. The molecule has 0 heterocycles. The van der Waals surface area contributed by atoms with Crippen LogP contribution in [-0.2, 0) is 6.42 Å². The van der Waals surface area contributed by atoms with Crippen molar-refractivity contribution in [3.05, 3.63) is 35.4 Å². The Morgan fingerprint density at radius 2 is 0.722 bits per heavy atom. The van der Waals surface area contributed by atoms with Gasteiger partial charge in [-0.2, -0.15) is 0 Å². The van der Waals surface area contributed by atoms with Crippen molar-refractivity contribution in [2.24, 2.45) is 0 Å². The van der Waals surface area contributed by atoms with Gasteiger partial charge in [0.25, 0.3) is 0 Å². The molecule has 1 aromatic rings. The molecule has 1 atom stereocenters. The van der Waals surface area contributed by atoms with Crippen LogP contribution in [0.2, 0.25) is 0 Å². The molecule has 0 aliphatic rings. The van der Waals surface area contributed by atoms with Crippen LogP contribution in [0.1, 0.15) is 199 Å². The highest BCUT2D eigenvalue weighted by Gasteiger charge is 2.02. The molecule has 0 N–H and O–H groups in total. The maximum Gasteiger partial charge on any atom is -0.0193 e. The van der Waals surface area contributed by atoms with Gasteiger partial charge in [0.2, 0.25) is 0 Å². The molecule has 0 nitrogen and oxygen atoms in total. The van der Waals surface area contributed by atoms with Crippen LogP contribution < -0.4 is 0 Å². The molecule has 0 fully saturated rings. The zero-order chi connectivity index (χ0) is 26.5. The van der Waals surface area contributed by atoms with E-state index in [9.17, 15) is 0 Å². The number of benzene rings is 1. The Bertz CT molecular complexity index is 499. The van der Waals surface area contributed by atoms with E-state index in [-0.39, 0.29) is 0 Å². The normalized spacial score (nSPS) is 11.8. The zero-order valence-corrected chi connectivity index (χ0v) is 25.9. The summed E-state index contributed by atoms with van der Waals surface area (Å²) in [5.41, 5.74) is 3.01. The Hall–Kier alpha value is -0.780. The van der Waals surface area contributed by atoms with Crippen LogP contribution >= 0.6 is 0 Å². The second kappa shape index (κ2) is 28.8. The fraction of sp³-hybridized carbons (Fsp3) is 0.833. The molecular formula is C36H68. The minimum atomic E-state index is 0.701. The van der Waals surface area contributed by atoms with E-state index >= 15 is 0 Å². The summed E-state index contributed by atoms with van der Waals surface area (Å²) in [4.78, 5) is 0. The summed E-state index contributed by atoms with van der Waals surface area (Å²) in [6, 6.07) is 9.33. The second-order valence-corrected chi connectivity index (χ2v) is 11.5. The monoisotopic (exact) mass is 501 g/mol. The van der Waals surface area contributed by atoms with Crippen molar-refractivity contribution in [2.75, 3.05) is 0 Å². The predicted octanol–water partition coefficient (Wildman–Crippen LogP) is 13.4. The maximum atomic E-state index is 2.34. The highest BCUT2D eigenvalue weighted by Crippen LogP contribution is 2.20. The molecular weight excluding hydrogens is 432 g/mol. The molecule has 0 saturated carbocycles. The van der Waals surface area contributed by atoms with Crippen molar-refractivity contribution in [1.29, 1.82) is 0 Å². The smallest absolute Gasteiger partial charge is 0.0193 e. The molecule has 1 unspecified atom stereocenters. The molecule has 0 saturated heterocycles. The Morgan fingerprint density at radius 3 is 1.03 bits per heavy atom. The Morgan fingerprint density at radius 1 is 0.417 bits per heavy atom. The number of rotatable bonds is 24. The van der Waals surface area contributed by atoms with Crippen molar-refractivity contribution in [2.45, 2.75) is 195 Å². The summed E-state index contributed by atoms with van der Waals surface area (Å²) in [6.07, 6.45) is 34.2. The molecule has 0 heteroatoms. The number of hydrogen-bond acceptors (Lipinski definition) is 0. The van der Waals surface area contributed by atoms with Gasteiger partial charge in [0.15, 0.2) is 0 Å². The highest BCUT2D eigenvalue weighted by atomic mass is 14.1. The van der Waals surface area contributed by atoms with E-state index < -0.39 is 0 Å². The molecule has 0 amide bonds. The third-order valence-electron chi connectivity index (χ3n) is 7.94. The summed E-state index contributed by atoms with van der Waals surface area (Å²) < 4.78 is 0. The number of aryl methyl sites for hydroxylation is 1. The van der Waals surface area contributed by atoms with Gasteiger partial charge >= 0.3 is 0 Å². The van der Waals surface area contributed by atoms with Crippen molar-refractivity contribution < 1.29 is 0 Å². The number of hydrogen-bond donors (Lipinski definition) is 0. The first-order valence-electron chi connectivity index (χ1n) is 16.8. The van der Waals surface area contributed by atoms with Crippen LogP contribution in [0, 0.1) is 0 Å². The van der Waals surface area contributed by atoms with Crippen LogP contribution in [0.5, 0.6) is 0 Å². The maximum absolute atomic E-state index is 2.34. The molecule has 0 aromatic heterocycles. The fourth-order valence-corrected chi connectivity index (χ4v) is 4.98. The first kappa shape index (κ1) is 35.2. The first-order valence-corrected chi connectivity index (χ1v) is 16.8. The molecule has 0 spiro atoms. The van der Waals surface area contributed by atoms with Crippen LogP contribution in [0.3, 0.4) is 0 Å². The lowest BCUT2D eigenvalue weighted by Gasteiger charge is -2.09. The summed E-state index contributed by atoms with van der Waals surface area (Å²) in [7, 11) is 0. The van der Waals surface area contributed by atoms with Crippen LogP contribution in [0.4, 0.5) is 0 Å². The molecule has 0 aliphatic carbocycles. The van der Waals surface area contributed by atoms with Gasteiger partial charge in [0.1, 0.15) is 0 Å². The Balaban J connectivity index is 0.000000700. The van der Waals surface area contributed by atoms with Gasteiger partial charge in [0, 0.05) is 0 Å². The fourth-order valence-electron chi connectivity index (χ4n) is 4.98. The second-order valence-electron chi connectivity index (χ2n) is 11.5. The largest absolute Gasteiger partial charge is 0.0654 e. The van der Waals surface area contributed by atoms with Crippen LogP contribution in [0.25, 0.3) is 0 Å². The van der Waals surface area contributed by atoms with E-state index in [0.717, 1.165) is 0 Å². The van der Waals surface area contributed by atoms with Crippen molar-refractivity contribution in [1.82, 2.24) is 0 Å². The van der Waals surface area contributed by atoms with Gasteiger partial charge in [-0.15, -0.1) is 0 Å². The van der Waals surface area contributed by atoms with E-state index in [1.807, 2.05) is 0 Å². The minimum Gasteiger partial charge on any atom is -0.0654 e. The predicted molar refractivity (Wildman–Crippen MR) is 167 cm³/mol. The van der Waals surface area contributed by atoms with Gasteiger partial charge in [-0.1, -0.05) is 194 Å². The van der Waals surface area contributed by atoms with Crippen molar-refractivity contribution in [3.63, 3.8) is 0 Å². The Labute approximate surface area is 229 Å². The molecule has 1 aromatic carbocycles. The van der Waals surface area contributed by atoms with Crippen molar-refractivity contribution >= 4 is 0 Å². The quantitative estimate of drug-likeness (QED) is 0.124. The standard InChI is InChI=1S/C20H34.C16H34/c1-4-6-7-8-9-10-11-12-13-19-14-16-20(17-15-19)18(3)5-2;1-3-5-7-9-11-13-15-16-14-12-10-8-6-4-2/h14-18H,4-13H2,1-3H3;3-16H2,1-2H3. The molecule has 36 heavy (non-hydrogen) atoms. The molecule has 0 aliphatic heterocycles. The molecule has 212 valence electrons. The topological polar surface area (TPSA) is 0 Å². The van der Waals surface area contributed by atoms with Crippen LogP contribution in [-0.4, -0.2) is 0 Å². The lowest BCUT2D eigenvalue weighted by atomic mass is 9.96. The SMILES string of the molecule is CCCCCCCCCCCCCCCC.CCCCCCCCCCc1ccc(C(C)CC)cc1. The summed E-state index contributed by atoms with van der Waals surface area (Å²) in [6.45, 7) is 11.4. The molecule has 0 bridgehead atoms.